The maximum Gasteiger partial charge on any atom is 0.128 e. The van der Waals surface area contributed by atoms with Gasteiger partial charge in [0.1, 0.15) is 11.5 Å². The number of fused-ring (bicyclic) bond motifs is 3. The lowest BCUT2D eigenvalue weighted by molar-refractivity contribution is 0.481. The van der Waals surface area contributed by atoms with E-state index >= 15 is 0 Å². The Bertz CT molecular complexity index is 2850. The smallest absolute Gasteiger partial charge is 0.128 e. The number of pyridine rings is 2. The van der Waals surface area contributed by atoms with Gasteiger partial charge < -0.3 is 9.64 Å². The van der Waals surface area contributed by atoms with Gasteiger partial charge in [-0.2, -0.15) is 0 Å². The molecule has 0 aliphatic carbocycles. The number of hydrogen-bond donors (Lipinski definition) is 0. The van der Waals surface area contributed by atoms with Crippen molar-refractivity contribution in [2.45, 2.75) is 19.3 Å². The third-order valence-electron chi connectivity index (χ3n) is 11.3. The first-order chi connectivity index (χ1) is 28.1. The van der Waals surface area contributed by atoms with Crippen LogP contribution in [0.25, 0.3) is 33.2 Å². The molecule has 1 aliphatic heterocycles. The highest BCUT2D eigenvalue weighted by molar-refractivity contribution is 5.90. The zero-order valence-electron chi connectivity index (χ0n) is 31.8. The van der Waals surface area contributed by atoms with Crippen LogP contribution in [-0.2, 0) is 5.41 Å². The molecule has 0 bridgehead atoms. The van der Waals surface area contributed by atoms with Crippen LogP contribution in [0.4, 0.5) is 17.1 Å². The van der Waals surface area contributed by atoms with E-state index in [2.05, 4.69) is 189 Å². The lowest BCUT2D eigenvalue weighted by Gasteiger charge is -2.45. The molecule has 57 heavy (non-hydrogen) atoms. The van der Waals surface area contributed by atoms with Crippen molar-refractivity contribution in [2.24, 2.45) is 0 Å². The Morgan fingerprint density at radius 3 is 1.88 bits per heavy atom. The molecule has 0 amide bonds. The predicted octanol–water partition coefficient (Wildman–Crippen LogP) is 13.5. The lowest BCUT2D eigenvalue weighted by Crippen LogP contribution is -2.38. The summed E-state index contributed by atoms with van der Waals surface area (Å²) >= 11 is 0. The first kappa shape index (κ1) is 34.2. The maximum atomic E-state index is 6.99. The SMILES string of the molecule is Cc1cccc(C)c1-c1cc(Oc2cccc(C3(c4ccccn4)c4ccccc4N(c4ccccc4)c4ccccc43)c2)cc(-c2cc3ccccc3cn2)c1. The summed E-state index contributed by atoms with van der Waals surface area (Å²) < 4.78 is 6.99. The number of rotatable bonds is 7. The van der Waals surface area contributed by atoms with Gasteiger partial charge in [-0.05, 0) is 131 Å². The van der Waals surface area contributed by atoms with E-state index in [-0.39, 0.29) is 0 Å². The van der Waals surface area contributed by atoms with Gasteiger partial charge in [0.15, 0.2) is 0 Å². The van der Waals surface area contributed by atoms with E-state index in [9.17, 15) is 0 Å². The Labute approximate surface area is 333 Å². The Morgan fingerprint density at radius 1 is 0.491 bits per heavy atom. The van der Waals surface area contributed by atoms with E-state index in [0.717, 1.165) is 78.5 Å². The van der Waals surface area contributed by atoms with Gasteiger partial charge in [0.05, 0.1) is 28.2 Å². The van der Waals surface area contributed by atoms with Crippen LogP contribution in [-0.4, -0.2) is 9.97 Å². The molecule has 0 radical (unpaired) electrons. The van der Waals surface area contributed by atoms with Gasteiger partial charge in [0.2, 0.25) is 0 Å². The van der Waals surface area contributed by atoms with Crippen molar-refractivity contribution in [1.82, 2.24) is 9.97 Å². The highest BCUT2D eigenvalue weighted by Gasteiger charge is 2.47. The number of aromatic nitrogens is 2. The molecule has 0 spiro atoms. The quantitative estimate of drug-likeness (QED) is 0.163. The van der Waals surface area contributed by atoms with Crippen molar-refractivity contribution in [2.75, 3.05) is 4.90 Å². The fraction of sp³-hybridized carbons (Fsp3) is 0.0566. The first-order valence-electron chi connectivity index (χ1n) is 19.4. The second kappa shape index (κ2) is 14.1. The van der Waals surface area contributed by atoms with Crippen molar-refractivity contribution in [1.29, 1.82) is 0 Å². The van der Waals surface area contributed by atoms with Crippen LogP contribution in [0.2, 0.25) is 0 Å². The van der Waals surface area contributed by atoms with Crippen LogP contribution in [0, 0.1) is 13.8 Å². The van der Waals surface area contributed by atoms with Gasteiger partial charge in [-0.15, -0.1) is 0 Å². The highest BCUT2D eigenvalue weighted by atomic mass is 16.5. The molecule has 2 aromatic heterocycles. The van der Waals surface area contributed by atoms with Crippen molar-refractivity contribution in [3.8, 4) is 33.9 Å². The standard InChI is InChI=1S/C53H39N3O/c1-36-16-14-17-37(2)52(36)41-30-40(48-33-38-18-6-7-19-39(38)35-55-48)31-45(32-41)57-44-23-15-20-42(34-44)53(51-28-12-13-29-54-51)46-24-8-10-26-49(46)56(43-21-4-3-5-22-43)50-27-11-9-25-47(50)53/h3-35H,1-2H3. The van der Waals surface area contributed by atoms with Gasteiger partial charge >= 0.3 is 0 Å². The van der Waals surface area contributed by atoms with E-state index in [1.807, 2.05) is 30.6 Å². The average molecular weight is 734 g/mol. The second-order valence-corrected chi connectivity index (χ2v) is 14.7. The molecule has 3 heterocycles. The molecule has 0 saturated carbocycles. The van der Waals surface area contributed by atoms with Crippen LogP contribution in [0.15, 0.2) is 200 Å². The predicted molar refractivity (Wildman–Crippen MR) is 233 cm³/mol. The molecule has 0 fully saturated rings. The largest absolute Gasteiger partial charge is 0.457 e. The van der Waals surface area contributed by atoms with Gasteiger partial charge in [-0.25, -0.2) is 0 Å². The van der Waals surface area contributed by atoms with E-state index in [4.69, 9.17) is 14.7 Å². The Hall–Kier alpha value is -7.30. The van der Waals surface area contributed by atoms with Crippen molar-refractivity contribution in [3.05, 3.63) is 234 Å². The van der Waals surface area contributed by atoms with Crippen molar-refractivity contribution < 1.29 is 4.74 Å². The van der Waals surface area contributed by atoms with Gasteiger partial charge in [-0.1, -0.05) is 115 Å². The molecule has 0 atom stereocenters. The Morgan fingerprint density at radius 2 is 1.14 bits per heavy atom. The number of nitrogens with zero attached hydrogens (tertiary/aromatic N) is 3. The zero-order valence-corrected chi connectivity index (χ0v) is 31.8. The molecule has 4 nitrogen and oxygen atoms in total. The molecular weight excluding hydrogens is 695 g/mol. The maximum absolute atomic E-state index is 6.99. The van der Waals surface area contributed by atoms with E-state index in [1.165, 1.54) is 16.7 Å². The average Bonchev–Trinajstić information content (AvgIpc) is 3.26. The minimum atomic E-state index is -0.751. The second-order valence-electron chi connectivity index (χ2n) is 14.7. The molecule has 10 rings (SSSR count). The highest BCUT2D eigenvalue weighted by Crippen LogP contribution is 2.57. The third kappa shape index (κ3) is 5.85. The van der Waals surface area contributed by atoms with Crippen LogP contribution < -0.4 is 9.64 Å². The summed E-state index contributed by atoms with van der Waals surface area (Å²) in [4.78, 5) is 12.4. The minimum Gasteiger partial charge on any atom is -0.457 e. The van der Waals surface area contributed by atoms with Crippen LogP contribution in [0.5, 0.6) is 11.5 Å². The number of ether oxygens (including phenoxy) is 1. The first-order valence-corrected chi connectivity index (χ1v) is 19.4. The third-order valence-corrected chi connectivity index (χ3v) is 11.3. The minimum absolute atomic E-state index is 0.735. The van der Waals surface area contributed by atoms with Crippen molar-refractivity contribution >= 4 is 27.8 Å². The van der Waals surface area contributed by atoms with Crippen LogP contribution >= 0.6 is 0 Å². The number of para-hydroxylation sites is 3. The fourth-order valence-corrected chi connectivity index (χ4v) is 8.81. The van der Waals surface area contributed by atoms with Crippen LogP contribution in [0.1, 0.15) is 33.5 Å². The van der Waals surface area contributed by atoms with Crippen molar-refractivity contribution in [3.63, 3.8) is 0 Å². The summed E-state index contributed by atoms with van der Waals surface area (Å²) in [6.07, 6.45) is 3.85. The van der Waals surface area contributed by atoms with Gasteiger partial charge in [-0.3, -0.25) is 9.97 Å². The molecule has 9 aromatic rings. The monoisotopic (exact) mass is 733 g/mol. The van der Waals surface area contributed by atoms with Gasteiger partial charge in [0, 0.05) is 29.0 Å². The molecule has 4 heteroatoms. The van der Waals surface area contributed by atoms with E-state index in [0.29, 0.717) is 0 Å². The summed E-state index contributed by atoms with van der Waals surface area (Å²) in [5, 5.41) is 2.26. The summed E-state index contributed by atoms with van der Waals surface area (Å²) in [6.45, 7) is 4.34. The molecular formula is C53H39N3O. The summed E-state index contributed by atoms with van der Waals surface area (Å²) in [5.41, 5.74) is 13.5. The Balaban J connectivity index is 1.16. The molecule has 272 valence electrons. The summed E-state index contributed by atoms with van der Waals surface area (Å²) in [7, 11) is 0. The lowest BCUT2D eigenvalue weighted by atomic mass is 9.64. The Kier molecular flexibility index (Phi) is 8.45. The molecule has 7 aromatic carbocycles. The van der Waals surface area contributed by atoms with Crippen LogP contribution in [0.3, 0.4) is 0 Å². The normalized spacial score (nSPS) is 12.8. The summed E-state index contributed by atoms with van der Waals surface area (Å²) in [6, 6.07) is 66.3. The zero-order chi connectivity index (χ0) is 38.3. The van der Waals surface area contributed by atoms with E-state index < -0.39 is 5.41 Å². The molecule has 0 saturated heterocycles. The molecule has 1 aliphatic rings. The number of aryl methyl sites for hydroxylation is 2. The van der Waals surface area contributed by atoms with Gasteiger partial charge in [0.25, 0.3) is 0 Å². The molecule has 0 N–H and O–H groups in total. The number of anilines is 3. The van der Waals surface area contributed by atoms with E-state index in [1.54, 1.807) is 0 Å². The fourth-order valence-electron chi connectivity index (χ4n) is 8.81. The number of benzene rings is 7. The summed E-state index contributed by atoms with van der Waals surface area (Å²) in [5.74, 6) is 1.48. The number of hydrogen-bond acceptors (Lipinski definition) is 4. The molecule has 0 unspecified atom stereocenters. The topological polar surface area (TPSA) is 38.2 Å².